The Balaban J connectivity index is 3.37. The smallest absolute Gasteiger partial charge is 0.0897 e. The van der Waals surface area contributed by atoms with Crippen molar-refractivity contribution in [3.63, 3.8) is 0 Å². The number of nitrogens with one attached hydrogen (secondary N) is 1. The van der Waals surface area contributed by atoms with E-state index in [0.717, 1.165) is 13.0 Å². The zero-order valence-corrected chi connectivity index (χ0v) is 10.4. The molecule has 0 aromatic heterocycles. The van der Waals surface area contributed by atoms with E-state index in [1.807, 2.05) is 33.8 Å². The molecule has 0 aliphatic heterocycles. The van der Waals surface area contributed by atoms with E-state index < -0.39 is 6.10 Å². The Hall–Kier alpha value is -0.380. The van der Waals surface area contributed by atoms with Crippen LogP contribution >= 0.6 is 0 Å². The highest BCUT2D eigenvalue weighted by atomic mass is 16.5. The van der Waals surface area contributed by atoms with Crippen LogP contribution in [0.1, 0.15) is 34.1 Å². The summed E-state index contributed by atoms with van der Waals surface area (Å²) in [5, 5.41) is 12.7. The molecular weight excluding hydrogens is 190 g/mol. The van der Waals surface area contributed by atoms with E-state index >= 15 is 0 Å². The summed E-state index contributed by atoms with van der Waals surface area (Å²) in [7, 11) is 0. The molecule has 0 amide bonds. The van der Waals surface area contributed by atoms with Crippen LogP contribution in [0.2, 0.25) is 0 Å². The lowest BCUT2D eigenvalue weighted by molar-refractivity contribution is -0.0477. The second kappa shape index (κ2) is 7.85. The Morgan fingerprint density at radius 1 is 1.40 bits per heavy atom. The normalized spacial score (nSPS) is 14.7. The monoisotopic (exact) mass is 215 g/mol. The summed E-state index contributed by atoms with van der Waals surface area (Å²) in [6, 6.07) is 0. The van der Waals surface area contributed by atoms with Crippen LogP contribution < -0.4 is 5.32 Å². The quantitative estimate of drug-likeness (QED) is 0.502. The summed E-state index contributed by atoms with van der Waals surface area (Å²) < 4.78 is 5.47. The summed E-state index contributed by atoms with van der Waals surface area (Å²) in [5.74, 6) is 0. The second-order valence-electron chi connectivity index (χ2n) is 4.64. The number of hydrogen-bond donors (Lipinski definition) is 2. The first-order valence-electron chi connectivity index (χ1n) is 5.59. The van der Waals surface area contributed by atoms with Crippen LogP contribution in [0.15, 0.2) is 12.2 Å². The van der Waals surface area contributed by atoms with Crippen LogP contribution in [0.4, 0.5) is 0 Å². The first-order chi connectivity index (χ1) is 6.95. The fourth-order valence-electron chi connectivity index (χ4n) is 1.03. The van der Waals surface area contributed by atoms with Crippen molar-refractivity contribution in [3.05, 3.63) is 12.2 Å². The van der Waals surface area contributed by atoms with Crippen LogP contribution in [0.25, 0.3) is 0 Å². The zero-order valence-electron chi connectivity index (χ0n) is 10.4. The Labute approximate surface area is 93.5 Å². The molecule has 15 heavy (non-hydrogen) atoms. The largest absolute Gasteiger partial charge is 0.389 e. The number of rotatable bonds is 7. The van der Waals surface area contributed by atoms with Gasteiger partial charge in [-0.25, -0.2) is 0 Å². The maximum atomic E-state index is 9.56. The topological polar surface area (TPSA) is 41.5 Å². The maximum Gasteiger partial charge on any atom is 0.0897 e. The van der Waals surface area contributed by atoms with Gasteiger partial charge in [-0.3, -0.25) is 0 Å². The number of aliphatic hydroxyl groups excluding tert-OH is 1. The van der Waals surface area contributed by atoms with Crippen molar-refractivity contribution in [3.8, 4) is 0 Å². The number of ether oxygens (including phenoxy) is 1. The molecule has 1 atom stereocenters. The van der Waals surface area contributed by atoms with Crippen molar-refractivity contribution < 1.29 is 9.84 Å². The van der Waals surface area contributed by atoms with Gasteiger partial charge in [-0.15, -0.1) is 0 Å². The number of aliphatic hydroxyl groups is 1. The van der Waals surface area contributed by atoms with Crippen LogP contribution in [0, 0.1) is 0 Å². The molecule has 0 aliphatic rings. The van der Waals surface area contributed by atoms with E-state index in [0.29, 0.717) is 13.2 Å². The molecule has 0 bridgehead atoms. The van der Waals surface area contributed by atoms with Crippen molar-refractivity contribution in [2.24, 2.45) is 0 Å². The Morgan fingerprint density at radius 2 is 2.07 bits per heavy atom. The Morgan fingerprint density at radius 3 is 2.60 bits per heavy atom. The molecule has 0 saturated carbocycles. The Kier molecular flexibility index (Phi) is 7.65. The highest BCUT2D eigenvalue weighted by Crippen LogP contribution is 2.06. The lowest BCUT2D eigenvalue weighted by Crippen LogP contribution is -2.34. The molecule has 0 aromatic carbocycles. The van der Waals surface area contributed by atoms with Gasteiger partial charge in [-0.2, -0.15) is 0 Å². The molecule has 0 rings (SSSR count). The van der Waals surface area contributed by atoms with E-state index in [1.54, 1.807) is 0 Å². The first kappa shape index (κ1) is 14.6. The second-order valence-corrected chi connectivity index (χ2v) is 4.64. The van der Waals surface area contributed by atoms with Gasteiger partial charge in [-0.1, -0.05) is 12.2 Å². The lowest BCUT2D eigenvalue weighted by atomic mass is 10.2. The highest BCUT2D eigenvalue weighted by Gasteiger charge is 2.12. The summed E-state index contributed by atoms with van der Waals surface area (Å²) in [6.07, 6.45) is 4.71. The van der Waals surface area contributed by atoms with Gasteiger partial charge in [0.25, 0.3) is 0 Å². The molecule has 2 N–H and O–H groups in total. The maximum absolute atomic E-state index is 9.56. The van der Waals surface area contributed by atoms with Gasteiger partial charge in [0.2, 0.25) is 0 Å². The molecule has 1 unspecified atom stereocenters. The predicted molar refractivity (Wildman–Crippen MR) is 64.0 cm³/mol. The molecule has 0 fully saturated rings. The zero-order chi connectivity index (χ0) is 11.7. The minimum atomic E-state index is -0.421. The van der Waals surface area contributed by atoms with E-state index in [9.17, 15) is 5.11 Å². The SMILES string of the molecule is C/C=C/CCNCC(O)COC(C)(C)C. The molecule has 0 aliphatic carbocycles. The number of hydrogen-bond acceptors (Lipinski definition) is 3. The fourth-order valence-corrected chi connectivity index (χ4v) is 1.03. The van der Waals surface area contributed by atoms with Gasteiger partial charge in [0.1, 0.15) is 0 Å². The van der Waals surface area contributed by atoms with E-state index in [-0.39, 0.29) is 5.60 Å². The van der Waals surface area contributed by atoms with Crippen molar-refractivity contribution in [2.75, 3.05) is 19.7 Å². The van der Waals surface area contributed by atoms with Crippen LogP contribution in [0.3, 0.4) is 0 Å². The van der Waals surface area contributed by atoms with Crippen molar-refractivity contribution in [1.29, 1.82) is 0 Å². The number of allylic oxidation sites excluding steroid dienone is 1. The van der Waals surface area contributed by atoms with Gasteiger partial charge in [0.15, 0.2) is 0 Å². The average Bonchev–Trinajstić information content (AvgIpc) is 2.13. The minimum absolute atomic E-state index is 0.175. The van der Waals surface area contributed by atoms with Gasteiger partial charge >= 0.3 is 0 Å². The third-order valence-electron chi connectivity index (χ3n) is 1.81. The molecule has 0 saturated heterocycles. The molecular formula is C12H25NO2. The summed E-state index contributed by atoms with van der Waals surface area (Å²) in [4.78, 5) is 0. The predicted octanol–water partition coefficient (Wildman–Crippen LogP) is 1.72. The Bertz CT molecular complexity index is 173. The molecule has 0 radical (unpaired) electrons. The molecule has 3 nitrogen and oxygen atoms in total. The van der Waals surface area contributed by atoms with Crippen LogP contribution in [-0.2, 0) is 4.74 Å². The van der Waals surface area contributed by atoms with Gasteiger partial charge < -0.3 is 15.2 Å². The molecule has 3 heteroatoms. The fraction of sp³-hybridized carbons (Fsp3) is 0.833. The van der Waals surface area contributed by atoms with Gasteiger partial charge in [0, 0.05) is 6.54 Å². The summed E-state index contributed by atoms with van der Waals surface area (Å²) in [6.45, 7) is 9.84. The summed E-state index contributed by atoms with van der Waals surface area (Å²) in [5.41, 5.74) is -0.175. The molecule has 0 heterocycles. The van der Waals surface area contributed by atoms with Crippen LogP contribution in [0.5, 0.6) is 0 Å². The van der Waals surface area contributed by atoms with E-state index in [4.69, 9.17) is 4.74 Å². The van der Waals surface area contributed by atoms with Crippen molar-refractivity contribution >= 4 is 0 Å². The summed E-state index contributed by atoms with van der Waals surface area (Å²) >= 11 is 0. The molecule has 0 aromatic rings. The highest BCUT2D eigenvalue weighted by molar-refractivity contribution is 4.77. The molecule has 90 valence electrons. The van der Waals surface area contributed by atoms with Gasteiger partial charge in [0.05, 0.1) is 18.3 Å². The third kappa shape index (κ3) is 11.5. The van der Waals surface area contributed by atoms with Crippen molar-refractivity contribution in [2.45, 2.75) is 45.8 Å². The van der Waals surface area contributed by atoms with Crippen molar-refractivity contribution in [1.82, 2.24) is 5.32 Å². The van der Waals surface area contributed by atoms with Crippen LogP contribution in [-0.4, -0.2) is 36.5 Å². The minimum Gasteiger partial charge on any atom is -0.389 e. The third-order valence-corrected chi connectivity index (χ3v) is 1.81. The average molecular weight is 215 g/mol. The standard InChI is InChI=1S/C12H25NO2/c1-5-6-7-8-13-9-11(14)10-15-12(2,3)4/h5-6,11,13-14H,7-10H2,1-4H3/b6-5+. The van der Waals surface area contributed by atoms with E-state index in [2.05, 4.69) is 11.4 Å². The van der Waals surface area contributed by atoms with Gasteiger partial charge in [-0.05, 0) is 40.7 Å². The molecule has 0 spiro atoms. The first-order valence-corrected chi connectivity index (χ1v) is 5.59. The lowest BCUT2D eigenvalue weighted by Gasteiger charge is -2.22. The van der Waals surface area contributed by atoms with E-state index in [1.165, 1.54) is 0 Å².